The molecule has 5 heteroatoms. The summed E-state index contributed by atoms with van der Waals surface area (Å²) in [6.07, 6.45) is 0. The Morgan fingerprint density at radius 1 is 1.00 bits per heavy atom. The van der Waals surface area contributed by atoms with E-state index in [1.54, 1.807) is 30.0 Å². The lowest BCUT2D eigenvalue weighted by atomic mass is 10.1. The molecule has 1 N–H and O–H groups in total. The van der Waals surface area contributed by atoms with Gasteiger partial charge in [-0.15, -0.1) is 0 Å². The van der Waals surface area contributed by atoms with Gasteiger partial charge in [0.15, 0.2) is 5.76 Å². The van der Waals surface area contributed by atoms with Crippen LogP contribution < -0.4 is 5.32 Å². The summed E-state index contributed by atoms with van der Waals surface area (Å²) in [6.45, 7) is 0.496. The molecule has 27 heavy (non-hydrogen) atoms. The monoisotopic (exact) mass is 379 g/mol. The van der Waals surface area contributed by atoms with Crippen molar-refractivity contribution in [3.8, 4) is 0 Å². The van der Waals surface area contributed by atoms with Crippen LogP contribution in [0.3, 0.4) is 0 Å². The van der Waals surface area contributed by atoms with Crippen LogP contribution in [0.5, 0.6) is 0 Å². The molecule has 0 spiro atoms. The fourth-order valence-electron chi connectivity index (χ4n) is 3.03. The van der Waals surface area contributed by atoms with E-state index in [2.05, 4.69) is 5.32 Å². The lowest BCUT2D eigenvalue weighted by molar-refractivity contribution is 0.0930. The van der Waals surface area contributed by atoms with Crippen LogP contribution in [0.25, 0.3) is 21.7 Å². The molecule has 0 aliphatic heterocycles. The number of hydrogen-bond donors (Lipinski definition) is 1. The molecule has 0 aliphatic rings. The Morgan fingerprint density at radius 2 is 1.81 bits per heavy atom. The molecule has 1 heterocycles. The van der Waals surface area contributed by atoms with Gasteiger partial charge in [-0.3, -0.25) is 4.79 Å². The Labute approximate surface area is 160 Å². The van der Waals surface area contributed by atoms with Crippen LogP contribution >= 0.6 is 11.8 Å². The summed E-state index contributed by atoms with van der Waals surface area (Å²) in [6, 6.07) is 20.4. The molecule has 3 nitrogen and oxygen atoms in total. The van der Waals surface area contributed by atoms with Crippen LogP contribution in [-0.2, 0) is 5.75 Å². The van der Waals surface area contributed by atoms with Gasteiger partial charge in [0.2, 0.25) is 0 Å². The number of fused-ring (bicyclic) bond motifs is 3. The Morgan fingerprint density at radius 3 is 2.70 bits per heavy atom. The summed E-state index contributed by atoms with van der Waals surface area (Å²) in [4.78, 5) is 12.4. The number of halogens is 1. The van der Waals surface area contributed by atoms with Crippen molar-refractivity contribution in [3.63, 3.8) is 0 Å². The summed E-state index contributed by atoms with van der Waals surface area (Å²) in [5.74, 6) is 1.16. The van der Waals surface area contributed by atoms with E-state index in [-0.39, 0.29) is 11.7 Å². The SMILES string of the molecule is O=C(NCCSCc1ccccc1F)c1cc2c(ccc3ccccc32)o1. The van der Waals surface area contributed by atoms with Crippen LogP contribution in [0, 0.1) is 5.82 Å². The van der Waals surface area contributed by atoms with Crippen LogP contribution in [0.2, 0.25) is 0 Å². The van der Waals surface area contributed by atoms with Gasteiger partial charge in [-0.2, -0.15) is 11.8 Å². The van der Waals surface area contributed by atoms with Crippen molar-refractivity contribution in [1.29, 1.82) is 0 Å². The normalized spacial score (nSPS) is 11.1. The number of furan rings is 1. The predicted octanol–water partition coefficient (Wildman–Crippen LogP) is 5.39. The zero-order valence-corrected chi connectivity index (χ0v) is 15.4. The van der Waals surface area contributed by atoms with Gasteiger partial charge in [-0.25, -0.2) is 4.39 Å². The first-order valence-electron chi connectivity index (χ1n) is 8.73. The van der Waals surface area contributed by atoms with Crippen molar-refractivity contribution in [2.24, 2.45) is 0 Å². The highest BCUT2D eigenvalue weighted by atomic mass is 32.2. The number of nitrogens with one attached hydrogen (secondary N) is 1. The van der Waals surface area contributed by atoms with Crippen molar-refractivity contribution in [2.75, 3.05) is 12.3 Å². The van der Waals surface area contributed by atoms with Gasteiger partial charge >= 0.3 is 0 Å². The fraction of sp³-hybridized carbons (Fsp3) is 0.136. The Bertz CT molecular complexity index is 1110. The van der Waals surface area contributed by atoms with Gasteiger partial charge in [-0.05, 0) is 34.5 Å². The van der Waals surface area contributed by atoms with E-state index in [4.69, 9.17) is 4.42 Å². The zero-order chi connectivity index (χ0) is 18.6. The van der Waals surface area contributed by atoms with E-state index in [9.17, 15) is 9.18 Å². The standard InChI is InChI=1S/C22H18FNO2S/c23-19-8-4-2-6-16(19)14-27-12-11-24-22(25)21-13-18-17-7-3-1-5-15(17)9-10-20(18)26-21/h1-10,13H,11-12,14H2,(H,24,25). The van der Waals surface area contributed by atoms with Crippen molar-refractivity contribution < 1.29 is 13.6 Å². The highest BCUT2D eigenvalue weighted by Gasteiger charge is 2.13. The first-order chi connectivity index (χ1) is 13.2. The third kappa shape index (κ3) is 3.83. The van der Waals surface area contributed by atoms with E-state index in [1.165, 1.54) is 6.07 Å². The minimum Gasteiger partial charge on any atom is -0.451 e. The number of benzene rings is 3. The van der Waals surface area contributed by atoms with Gasteiger partial charge in [0.05, 0.1) is 0 Å². The summed E-state index contributed by atoms with van der Waals surface area (Å²) >= 11 is 1.58. The van der Waals surface area contributed by atoms with Crippen molar-refractivity contribution in [2.45, 2.75) is 5.75 Å². The molecule has 0 aliphatic carbocycles. The molecule has 0 atom stereocenters. The van der Waals surface area contributed by atoms with E-state index in [0.717, 1.165) is 16.2 Å². The molecule has 1 aromatic heterocycles. The quantitative estimate of drug-likeness (QED) is 0.457. The minimum atomic E-state index is -0.234. The highest BCUT2D eigenvalue weighted by molar-refractivity contribution is 7.98. The molecule has 1 amide bonds. The van der Waals surface area contributed by atoms with Gasteiger partial charge in [0, 0.05) is 23.4 Å². The van der Waals surface area contributed by atoms with Crippen LogP contribution in [0.1, 0.15) is 16.1 Å². The number of thioether (sulfide) groups is 1. The van der Waals surface area contributed by atoms with E-state index in [0.29, 0.717) is 35.0 Å². The number of amides is 1. The van der Waals surface area contributed by atoms with Gasteiger partial charge in [0.1, 0.15) is 11.4 Å². The second kappa shape index (κ2) is 7.84. The summed E-state index contributed by atoms with van der Waals surface area (Å²) in [5.41, 5.74) is 1.38. The highest BCUT2D eigenvalue weighted by Crippen LogP contribution is 2.28. The molecular weight excluding hydrogens is 361 g/mol. The Hall–Kier alpha value is -2.79. The number of hydrogen-bond acceptors (Lipinski definition) is 3. The third-order valence-corrected chi connectivity index (χ3v) is 5.41. The van der Waals surface area contributed by atoms with Crippen molar-refractivity contribution >= 4 is 39.4 Å². The molecule has 4 rings (SSSR count). The molecule has 0 fully saturated rings. The van der Waals surface area contributed by atoms with Crippen molar-refractivity contribution in [1.82, 2.24) is 5.32 Å². The largest absolute Gasteiger partial charge is 0.451 e. The maximum absolute atomic E-state index is 13.6. The third-order valence-electron chi connectivity index (χ3n) is 4.40. The average molecular weight is 379 g/mol. The molecular formula is C22H18FNO2S. The molecule has 0 bridgehead atoms. The van der Waals surface area contributed by atoms with Gasteiger partial charge in [-0.1, -0.05) is 48.5 Å². The van der Waals surface area contributed by atoms with Crippen LogP contribution in [0.15, 0.2) is 71.1 Å². The van der Waals surface area contributed by atoms with E-state index in [1.807, 2.05) is 42.5 Å². The van der Waals surface area contributed by atoms with Gasteiger partial charge < -0.3 is 9.73 Å². The lowest BCUT2D eigenvalue weighted by Crippen LogP contribution is -2.25. The fourth-order valence-corrected chi connectivity index (χ4v) is 3.87. The molecule has 136 valence electrons. The van der Waals surface area contributed by atoms with E-state index >= 15 is 0 Å². The zero-order valence-electron chi connectivity index (χ0n) is 14.6. The Balaban J connectivity index is 1.36. The minimum absolute atomic E-state index is 0.191. The molecule has 4 aromatic rings. The first-order valence-corrected chi connectivity index (χ1v) is 9.88. The van der Waals surface area contributed by atoms with Crippen LogP contribution in [0.4, 0.5) is 4.39 Å². The summed E-state index contributed by atoms with van der Waals surface area (Å²) in [7, 11) is 0. The molecule has 3 aromatic carbocycles. The number of carbonyl (C=O) groups is 1. The molecule has 0 radical (unpaired) electrons. The van der Waals surface area contributed by atoms with Gasteiger partial charge in [0.25, 0.3) is 5.91 Å². The number of carbonyl (C=O) groups excluding carboxylic acids is 1. The van der Waals surface area contributed by atoms with Crippen LogP contribution in [-0.4, -0.2) is 18.2 Å². The summed E-state index contributed by atoms with van der Waals surface area (Å²) in [5, 5.41) is 5.98. The second-order valence-corrected chi connectivity index (χ2v) is 7.31. The molecule has 0 saturated carbocycles. The molecule has 0 unspecified atom stereocenters. The predicted molar refractivity (Wildman–Crippen MR) is 109 cm³/mol. The first kappa shape index (κ1) is 17.6. The number of rotatable bonds is 6. The molecule has 0 saturated heterocycles. The van der Waals surface area contributed by atoms with E-state index < -0.39 is 0 Å². The lowest BCUT2D eigenvalue weighted by Gasteiger charge is -2.04. The van der Waals surface area contributed by atoms with Crippen molar-refractivity contribution in [3.05, 3.63) is 83.9 Å². The smallest absolute Gasteiger partial charge is 0.287 e. The maximum Gasteiger partial charge on any atom is 0.287 e. The average Bonchev–Trinajstić information content (AvgIpc) is 3.14. The summed E-state index contributed by atoms with van der Waals surface area (Å²) < 4.78 is 19.3. The maximum atomic E-state index is 13.6. The topological polar surface area (TPSA) is 42.2 Å². The Kier molecular flexibility index (Phi) is 5.12. The second-order valence-electron chi connectivity index (χ2n) is 6.21.